The molecule has 0 aliphatic carbocycles. The minimum absolute atomic E-state index is 0.528. The van der Waals surface area contributed by atoms with Gasteiger partial charge < -0.3 is 15.8 Å². The first-order valence-electron chi connectivity index (χ1n) is 11.3. The van der Waals surface area contributed by atoms with E-state index in [1.54, 1.807) is 13.3 Å². The summed E-state index contributed by atoms with van der Waals surface area (Å²) in [6, 6.07) is 9.97. The second-order valence-electron chi connectivity index (χ2n) is 8.42. The Labute approximate surface area is 202 Å². The molecule has 0 aliphatic rings. The zero-order chi connectivity index (χ0) is 24.4. The number of aryl methyl sites for hydroxylation is 2. The quantitative estimate of drug-likeness (QED) is 0.355. The molecule has 0 fully saturated rings. The molecule has 0 unspecified atom stereocenters. The summed E-state index contributed by atoms with van der Waals surface area (Å²) >= 11 is 0. The van der Waals surface area contributed by atoms with Gasteiger partial charge in [-0.3, -0.25) is 9.36 Å². The maximum Gasteiger partial charge on any atom is 0.186 e. The molecule has 4 heterocycles. The first kappa shape index (κ1) is 22.3. The monoisotopic (exact) mass is 469 g/mol. The average Bonchev–Trinajstić information content (AvgIpc) is 3.49. The van der Waals surface area contributed by atoms with E-state index in [1.165, 1.54) is 6.33 Å². The highest BCUT2D eigenvalue weighted by Crippen LogP contribution is 2.24. The van der Waals surface area contributed by atoms with Crippen LogP contribution in [0.4, 0.5) is 11.6 Å². The third kappa shape index (κ3) is 4.77. The van der Waals surface area contributed by atoms with E-state index in [4.69, 9.17) is 10.5 Å². The Morgan fingerprint density at radius 1 is 1.09 bits per heavy atom. The molecular weight excluding hydrogens is 442 g/mol. The lowest BCUT2D eigenvalue weighted by Crippen LogP contribution is -2.08. The molecule has 0 radical (unpaired) electrons. The smallest absolute Gasteiger partial charge is 0.186 e. The van der Waals surface area contributed by atoms with E-state index < -0.39 is 0 Å². The molecule has 0 saturated carbocycles. The highest BCUT2D eigenvalue weighted by molar-refractivity contribution is 5.85. The molecule has 5 rings (SSSR count). The lowest BCUT2D eigenvalue weighted by atomic mass is 10.1. The number of aromatic nitrogens is 7. The molecule has 4 aromatic heterocycles. The SMILES string of the molecule is COc1cc(Cn2cc3c(NCc4c(C)cc(N)nc4C)ncnc3n2)ccc1Cn1cccn1. The summed E-state index contributed by atoms with van der Waals surface area (Å²) in [6.45, 7) is 5.80. The van der Waals surface area contributed by atoms with Gasteiger partial charge in [-0.2, -0.15) is 10.2 Å². The number of nitrogens with two attached hydrogens (primary N) is 1. The molecule has 0 aliphatic heterocycles. The molecule has 10 nitrogen and oxygen atoms in total. The summed E-state index contributed by atoms with van der Waals surface area (Å²) in [5, 5.41) is 13.2. The van der Waals surface area contributed by atoms with Crippen molar-refractivity contribution in [3.05, 3.63) is 83.2 Å². The number of rotatable bonds is 8. The summed E-state index contributed by atoms with van der Waals surface area (Å²) in [5.41, 5.74) is 11.7. The fourth-order valence-corrected chi connectivity index (χ4v) is 4.21. The van der Waals surface area contributed by atoms with Gasteiger partial charge in [-0.15, -0.1) is 0 Å². The number of benzene rings is 1. The van der Waals surface area contributed by atoms with Crippen molar-refractivity contribution >= 4 is 22.7 Å². The largest absolute Gasteiger partial charge is 0.496 e. The fourth-order valence-electron chi connectivity index (χ4n) is 4.21. The van der Waals surface area contributed by atoms with E-state index in [0.29, 0.717) is 31.1 Å². The summed E-state index contributed by atoms with van der Waals surface area (Å²) in [7, 11) is 1.68. The number of nitrogens with zero attached hydrogens (tertiary/aromatic N) is 7. The van der Waals surface area contributed by atoms with E-state index in [2.05, 4.69) is 42.6 Å². The van der Waals surface area contributed by atoms with Crippen molar-refractivity contribution in [3.8, 4) is 5.75 Å². The van der Waals surface area contributed by atoms with Crippen LogP contribution in [0, 0.1) is 13.8 Å². The normalized spacial score (nSPS) is 11.2. The van der Waals surface area contributed by atoms with Gasteiger partial charge in [0.1, 0.15) is 23.7 Å². The molecule has 0 spiro atoms. The molecule has 35 heavy (non-hydrogen) atoms. The van der Waals surface area contributed by atoms with Crippen LogP contribution in [-0.2, 0) is 19.6 Å². The van der Waals surface area contributed by atoms with Crippen LogP contribution in [0.15, 0.2) is 55.2 Å². The Morgan fingerprint density at radius 3 is 2.74 bits per heavy atom. The number of hydrogen-bond acceptors (Lipinski definition) is 8. The zero-order valence-electron chi connectivity index (χ0n) is 19.9. The number of ether oxygens (including phenoxy) is 1. The van der Waals surface area contributed by atoms with E-state index in [0.717, 1.165) is 44.9 Å². The van der Waals surface area contributed by atoms with E-state index >= 15 is 0 Å². The van der Waals surface area contributed by atoms with Gasteiger partial charge in [0.15, 0.2) is 5.65 Å². The van der Waals surface area contributed by atoms with Crippen LogP contribution in [0.2, 0.25) is 0 Å². The van der Waals surface area contributed by atoms with E-state index in [9.17, 15) is 0 Å². The van der Waals surface area contributed by atoms with Gasteiger partial charge in [0.25, 0.3) is 0 Å². The maximum atomic E-state index is 5.86. The second-order valence-corrected chi connectivity index (χ2v) is 8.42. The van der Waals surface area contributed by atoms with Gasteiger partial charge in [0.05, 0.1) is 25.6 Å². The average molecular weight is 470 g/mol. The molecule has 1 aromatic carbocycles. The third-order valence-corrected chi connectivity index (χ3v) is 5.96. The van der Waals surface area contributed by atoms with Crippen molar-refractivity contribution in [1.29, 1.82) is 0 Å². The predicted octanol–water partition coefficient (Wildman–Crippen LogP) is 3.33. The minimum atomic E-state index is 0.528. The summed E-state index contributed by atoms with van der Waals surface area (Å²) in [4.78, 5) is 13.2. The molecule has 3 N–H and O–H groups in total. The van der Waals surface area contributed by atoms with Crippen LogP contribution in [0.5, 0.6) is 5.75 Å². The summed E-state index contributed by atoms with van der Waals surface area (Å²) in [5.74, 6) is 2.07. The van der Waals surface area contributed by atoms with Crippen LogP contribution in [0.1, 0.15) is 27.9 Å². The van der Waals surface area contributed by atoms with E-state index in [-0.39, 0.29) is 0 Å². The Kier molecular flexibility index (Phi) is 6.01. The molecule has 0 saturated heterocycles. The van der Waals surface area contributed by atoms with Crippen LogP contribution in [-0.4, -0.2) is 41.6 Å². The third-order valence-electron chi connectivity index (χ3n) is 5.96. The topological polar surface area (TPSA) is 122 Å². The van der Waals surface area contributed by atoms with Crippen molar-refractivity contribution in [2.75, 3.05) is 18.2 Å². The molecule has 0 bridgehead atoms. The van der Waals surface area contributed by atoms with Crippen LogP contribution in [0.3, 0.4) is 0 Å². The Balaban J connectivity index is 1.35. The van der Waals surface area contributed by atoms with Crippen molar-refractivity contribution in [1.82, 2.24) is 34.5 Å². The molecular formula is C25H27N9O. The Bertz CT molecular complexity index is 1450. The van der Waals surface area contributed by atoms with Gasteiger partial charge in [-0.25, -0.2) is 15.0 Å². The predicted molar refractivity (Wildman–Crippen MR) is 134 cm³/mol. The van der Waals surface area contributed by atoms with Crippen LogP contribution in [0.25, 0.3) is 11.0 Å². The zero-order valence-corrected chi connectivity index (χ0v) is 19.9. The van der Waals surface area contributed by atoms with Gasteiger partial charge >= 0.3 is 0 Å². The number of nitrogens with one attached hydrogen (secondary N) is 1. The van der Waals surface area contributed by atoms with Gasteiger partial charge in [-0.05, 0) is 48.7 Å². The van der Waals surface area contributed by atoms with Crippen LogP contribution < -0.4 is 15.8 Å². The molecule has 5 aromatic rings. The second kappa shape index (κ2) is 9.41. The molecule has 0 atom stereocenters. The first-order valence-corrected chi connectivity index (χ1v) is 11.3. The number of anilines is 2. The molecule has 0 amide bonds. The lowest BCUT2D eigenvalue weighted by Gasteiger charge is -2.12. The van der Waals surface area contributed by atoms with Crippen LogP contribution >= 0.6 is 0 Å². The number of methoxy groups -OCH3 is 1. The number of pyridine rings is 1. The summed E-state index contributed by atoms with van der Waals surface area (Å²) in [6.07, 6.45) is 7.19. The highest BCUT2D eigenvalue weighted by Gasteiger charge is 2.12. The highest BCUT2D eigenvalue weighted by atomic mass is 16.5. The van der Waals surface area contributed by atoms with Crippen molar-refractivity contribution < 1.29 is 4.74 Å². The Morgan fingerprint density at radius 2 is 1.97 bits per heavy atom. The van der Waals surface area contributed by atoms with Crippen molar-refractivity contribution in [3.63, 3.8) is 0 Å². The van der Waals surface area contributed by atoms with Gasteiger partial charge in [0, 0.05) is 36.4 Å². The lowest BCUT2D eigenvalue weighted by molar-refractivity contribution is 0.406. The van der Waals surface area contributed by atoms with E-state index in [1.807, 2.05) is 53.8 Å². The van der Waals surface area contributed by atoms with Gasteiger partial charge in [0.2, 0.25) is 0 Å². The molecule has 10 heteroatoms. The minimum Gasteiger partial charge on any atom is -0.496 e. The fraction of sp³-hybridized carbons (Fsp3) is 0.240. The molecule has 178 valence electrons. The van der Waals surface area contributed by atoms with Crippen molar-refractivity contribution in [2.24, 2.45) is 0 Å². The van der Waals surface area contributed by atoms with Gasteiger partial charge in [-0.1, -0.05) is 12.1 Å². The number of fused-ring (bicyclic) bond motifs is 1. The Hall–Kier alpha value is -4.47. The standard InChI is InChI=1S/C25H27N9O/c1-16-9-23(26)31-17(2)20(16)11-27-24-21-14-34(32-25(21)29-15-28-24)12-18-5-6-19(22(10-18)35-3)13-33-8-4-7-30-33/h4-10,14-15H,11-13H2,1-3H3,(H2,26,31)(H,27,28,29,32). The number of hydrogen-bond donors (Lipinski definition) is 2. The number of nitrogen functional groups attached to an aromatic ring is 1. The van der Waals surface area contributed by atoms with Crippen molar-refractivity contribution in [2.45, 2.75) is 33.5 Å². The maximum absolute atomic E-state index is 5.86. The first-order chi connectivity index (χ1) is 17.0. The summed E-state index contributed by atoms with van der Waals surface area (Å²) < 4.78 is 9.37.